The summed E-state index contributed by atoms with van der Waals surface area (Å²) in [5.74, 6) is 0. The van der Waals surface area contributed by atoms with Gasteiger partial charge < -0.3 is 5.32 Å². The van der Waals surface area contributed by atoms with Gasteiger partial charge in [0.2, 0.25) is 0 Å². The smallest absolute Gasteiger partial charge is 0.0931 e. The summed E-state index contributed by atoms with van der Waals surface area (Å²) in [5.41, 5.74) is 1.31. The van der Waals surface area contributed by atoms with Crippen molar-refractivity contribution in [3.05, 3.63) is 57.2 Å². The van der Waals surface area contributed by atoms with E-state index in [1.807, 2.05) is 12.1 Å². The fourth-order valence-electron chi connectivity index (χ4n) is 1.86. The van der Waals surface area contributed by atoms with E-state index in [1.54, 1.807) is 11.3 Å². The van der Waals surface area contributed by atoms with E-state index in [2.05, 4.69) is 49.5 Å². The van der Waals surface area contributed by atoms with E-state index < -0.39 is 0 Å². The van der Waals surface area contributed by atoms with Gasteiger partial charge in [-0.2, -0.15) is 0 Å². The Bertz CT molecular complexity index is 466. The number of benzene rings is 1. The summed E-state index contributed by atoms with van der Waals surface area (Å²) in [6, 6.07) is 15.2. The molecule has 2 atom stereocenters. The molecule has 0 fully saturated rings. The molecule has 1 heterocycles. The Kier molecular flexibility index (Phi) is 4.21. The van der Waals surface area contributed by atoms with Crippen LogP contribution in [0.4, 0.5) is 0 Å². The van der Waals surface area contributed by atoms with Crippen LogP contribution in [0.25, 0.3) is 0 Å². The summed E-state index contributed by atoms with van der Waals surface area (Å²) < 4.78 is 0.848. The molecule has 0 amide bonds. The topological polar surface area (TPSA) is 12.0 Å². The van der Waals surface area contributed by atoms with Crippen molar-refractivity contribution in [3.8, 4) is 0 Å². The van der Waals surface area contributed by atoms with Crippen LogP contribution in [0.1, 0.15) is 36.4 Å². The zero-order valence-corrected chi connectivity index (χ0v) is 11.6. The molecule has 1 nitrogen and oxygen atoms in total. The Labute approximate surface area is 111 Å². The highest BCUT2D eigenvalue weighted by Crippen LogP contribution is 2.28. The molecular weight excluding hydrogens is 250 g/mol. The molecule has 0 aliphatic heterocycles. The summed E-state index contributed by atoms with van der Waals surface area (Å²) in [7, 11) is 0. The van der Waals surface area contributed by atoms with E-state index in [0.717, 1.165) is 4.34 Å². The maximum atomic E-state index is 5.95. The molecule has 0 aliphatic carbocycles. The lowest BCUT2D eigenvalue weighted by atomic mass is 10.1. The van der Waals surface area contributed by atoms with E-state index in [1.165, 1.54) is 10.4 Å². The van der Waals surface area contributed by atoms with Crippen molar-refractivity contribution in [2.75, 3.05) is 0 Å². The molecule has 17 heavy (non-hydrogen) atoms. The van der Waals surface area contributed by atoms with Gasteiger partial charge in [-0.25, -0.2) is 0 Å². The Hall–Kier alpha value is -0.830. The third kappa shape index (κ3) is 3.32. The number of halogens is 1. The first-order chi connectivity index (χ1) is 8.16. The van der Waals surface area contributed by atoms with E-state index in [-0.39, 0.29) is 0 Å². The normalized spacial score (nSPS) is 14.5. The minimum absolute atomic E-state index is 0.322. The lowest BCUT2D eigenvalue weighted by Crippen LogP contribution is -2.21. The molecule has 0 bridgehead atoms. The lowest BCUT2D eigenvalue weighted by Gasteiger charge is -2.19. The van der Waals surface area contributed by atoms with Crippen LogP contribution >= 0.6 is 22.9 Å². The summed E-state index contributed by atoms with van der Waals surface area (Å²) in [6.07, 6.45) is 0. The quantitative estimate of drug-likeness (QED) is 0.836. The van der Waals surface area contributed by atoms with Gasteiger partial charge in [-0.3, -0.25) is 0 Å². The van der Waals surface area contributed by atoms with Crippen LogP contribution in [0.2, 0.25) is 4.34 Å². The first kappa shape index (κ1) is 12.6. The van der Waals surface area contributed by atoms with Gasteiger partial charge in [0.15, 0.2) is 0 Å². The molecule has 2 unspecified atom stereocenters. The summed E-state index contributed by atoms with van der Waals surface area (Å²) in [6.45, 7) is 4.35. The number of rotatable bonds is 4. The molecule has 0 spiro atoms. The minimum Gasteiger partial charge on any atom is -0.303 e. The minimum atomic E-state index is 0.322. The van der Waals surface area contributed by atoms with Crippen molar-refractivity contribution in [1.82, 2.24) is 5.32 Å². The van der Waals surface area contributed by atoms with Gasteiger partial charge in [-0.05, 0) is 31.5 Å². The number of hydrogen-bond acceptors (Lipinski definition) is 2. The fourth-order valence-corrected chi connectivity index (χ4v) is 2.93. The second-order valence-corrected chi connectivity index (χ2v) is 5.91. The fraction of sp³-hybridized carbons (Fsp3) is 0.286. The predicted molar refractivity (Wildman–Crippen MR) is 75.7 cm³/mol. The van der Waals surface area contributed by atoms with E-state index in [0.29, 0.717) is 12.1 Å². The van der Waals surface area contributed by atoms with Gasteiger partial charge in [0, 0.05) is 17.0 Å². The first-order valence-electron chi connectivity index (χ1n) is 5.73. The van der Waals surface area contributed by atoms with Crippen molar-refractivity contribution < 1.29 is 0 Å². The second-order valence-electron chi connectivity index (χ2n) is 4.16. The monoisotopic (exact) mass is 265 g/mol. The molecule has 1 N–H and O–H groups in total. The van der Waals surface area contributed by atoms with Crippen LogP contribution in [-0.4, -0.2) is 0 Å². The second kappa shape index (κ2) is 5.67. The molecular formula is C14H16ClNS. The van der Waals surface area contributed by atoms with Crippen LogP contribution < -0.4 is 5.32 Å². The third-order valence-electron chi connectivity index (χ3n) is 2.82. The van der Waals surface area contributed by atoms with Crippen molar-refractivity contribution >= 4 is 22.9 Å². The van der Waals surface area contributed by atoms with Gasteiger partial charge in [-0.1, -0.05) is 41.9 Å². The van der Waals surface area contributed by atoms with Gasteiger partial charge >= 0.3 is 0 Å². The SMILES string of the molecule is CC(NC(C)c1ccc(Cl)s1)c1ccccc1. The van der Waals surface area contributed by atoms with Crippen LogP contribution in [0.3, 0.4) is 0 Å². The molecule has 2 aromatic rings. The van der Waals surface area contributed by atoms with Gasteiger partial charge in [0.1, 0.15) is 0 Å². The molecule has 90 valence electrons. The highest BCUT2D eigenvalue weighted by molar-refractivity contribution is 7.16. The van der Waals surface area contributed by atoms with E-state index in [4.69, 9.17) is 11.6 Å². The highest BCUT2D eigenvalue weighted by atomic mass is 35.5. The molecule has 0 saturated carbocycles. The van der Waals surface area contributed by atoms with Crippen molar-refractivity contribution in [3.63, 3.8) is 0 Å². The maximum absolute atomic E-state index is 5.95. The van der Waals surface area contributed by atoms with Crippen molar-refractivity contribution in [1.29, 1.82) is 0 Å². The molecule has 1 aromatic heterocycles. The van der Waals surface area contributed by atoms with Crippen LogP contribution in [0, 0.1) is 0 Å². The van der Waals surface area contributed by atoms with Crippen LogP contribution in [0.15, 0.2) is 42.5 Å². The van der Waals surface area contributed by atoms with Gasteiger partial charge in [0.25, 0.3) is 0 Å². The Balaban J connectivity index is 2.02. The summed E-state index contributed by atoms with van der Waals surface area (Å²) >= 11 is 7.58. The predicted octanol–water partition coefficient (Wildman–Crippen LogP) is 4.81. The van der Waals surface area contributed by atoms with E-state index in [9.17, 15) is 0 Å². The molecule has 0 aliphatic rings. The standard InChI is InChI=1S/C14H16ClNS/c1-10(12-6-4-3-5-7-12)16-11(2)13-8-9-14(15)17-13/h3-11,16H,1-2H3. The van der Waals surface area contributed by atoms with E-state index >= 15 is 0 Å². The summed E-state index contributed by atoms with van der Waals surface area (Å²) in [5, 5.41) is 3.58. The largest absolute Gasteiger partial charge is 0.303 e. The highest BCUT2D eigenvalue weighted by Gasteiger charge is 2.12. The zero-order valence-electron chi connectivity index (χ0n) is 9.98. The Morgan fingerprint density at radius 1 is 1.00 bits per heavy atom. The molecule has 3 heteroatoms. The lowest BCUT2D eigenvalue weighted by molar-refractivity contribution is 0.500. The third-order valence-corrected chi connectivity index (χ3v) is 4.23. The Morgan fingerprint density at radius 3 is 2.29 bits per heavy atom. The van der Waals surface area contributed by atoms with Crippen LogP contribution in [0.5, 0.6) is 0 Å². The number of nitrogens with one attached hydrogen (secondary N) is 1. The maximum Gasteiger partial charge on any atom is 0.0931 e. The zero-order chi connectivity index (χ0) is 12.3. The van der Waals surface area contributed by atoms with Crippen molar-refractivity contribution in [2.24, 2.45) is 0 Å². The number of hydrogen-bond donors (Lipinski definition) is 1. The molecule has 1 aromatic carbocycles. The molecule has 2 rings (SSSR count). The number of thiophene rings is 1. The van der Waals surface area contributed by atoms with Gasteiger partial charge in [-0.15, -0.1) is 11.3 Å². The van der Waals surface area contributed by atoms with Crippen LogP contribution in [-0.2, 0) is 0 Å². The average molecular weight is 266 g/mol. The Morgan fingerprint density at radius 2 is 1.71 bits per heavy atom. The summed E-state index contributed by atoms with van der Waals surface area (Å²) in [4.78, 5) is 1.28. The molecule has 0 radical (unpaired) electrons. The first-order valence-corrected chi connectivity index (χ1v) is 6.92. The molecule has 0 saturated heterocycles. The van der Waals surface area contributed by atoms with Gasteiger partial charge in [0.05, 0.1) is 4.34 Å². The van der Waals surface area contributed by atoms with Crippen molar-refractivity contribution in [2.45, 2.75) is 25.9 Å². The average Bonchev–Trinajstić information content (AvgIpc) is 2.77.